The number of hydrogen-bond donors (Lipinski definition) is 3. The smallest absolute Gasteiger partial charge is 0.404 e. The number of carbonyl (C=O) groups excluding carboxylic acids is 1. The number of pyridine rings is 1. The van der Waals surface area contributed by atoms with E-state index in [1.54, 1.807) is 4.90 Å². The van der Waals surface area contributed by atoms with Gasteiger partial charge in [0.25, 0.3) is 5.91 Å². The van der Waals surface area contributed by atoms with Crippen LogP contribution in [-0.4, -0.2) is 40.7 Å². The third-order valence-electron chi connectivity index (χ3n) is 4.29. The zero-order valence-electron chi connectivity index (χ0n) is 11.1. The first-order valence-corrected chi connectivity index (χ1v) is 6.69. The average Bonchev–Trinajstić information content (AvgIpc) is 2.95. The van der Waals surface area contributed by atoms with Crippen molar-refractivity contribution in [3.63, 3.8) is 0 Å². The van der Waals surface area contributed by atoms with Crippen LogP contribution in [-0.2, 0) is 0 Å². The summed E-state index contributed by atoms with van der Waals surface area (Å²) in [4.78, 5) is 27.8. The summed E-state index contributed by atoms with van der Waals surface area (Å²) in [6, 6.07) is 0.861. The number of anilines is 1. The highest BCUT2D eigenvalue weighted by Crippen LogP contribution is 2.40. The number of carbonyl (C=O) groups is 2. The van der Waals surface area contributed by atoms with Crippen LogP contribution in [0.1, 0.15) is 23.2 Å². The second-order valence-electron chi connectivity index (χ2n) is 5.39. The van der Waals surface area contributed by atoms with E-state index in [1.165, 1.54) is 12.3 Å². The van der Waals surface area contributed by atoms with Gasteiger partial charge in [0, 0.05) is 12.7 Å². The third-order valence-corrected chi connectivity index (χ3v) is 4.29. The van der Waals surface area contributed by atoms with Crippen LogP contribution in [0.5, 0.6) is 0 Å². The van der Waals surface area contributed by atoms with Gasteiger partial charge in [-0.1, -0.05) is 0 Å². The number of nitrogens with one attached hydrogen (secondary N) is 1. The van der Waals surface area contributed by atoms with Crippen molar-refractivity contribution in [1.29, 1.82) is 0 Å². The molecule has 21 heavy (non-hydrogen) atoms. The molecule has 0 radical (unpaired) electrons. The number of nitrogens with two attached hydrogens (primary N) is 1. The molecular weight excluding hydrogens is 279 g/mol. The van der Waals surface area contributed by atoms with Crippen molar-refractivity contribution < 1.29 is 19.1 Å². The van der Waals surface area contributed by atoms with E-state index in [-0.39, 0.29) is 29.4 Å². The number of amides is 2. The number of piperidine rings is 1. The van der Waals surface area contributed by atoms with E-state index in [2.05, 4.69) is 10.3 Å². The molecule has 7 nitrogen and oxygen atoms in total. The van der Waals surface area contributed by atoms with Crippen molar-refractivity contribution in [1.82, 2.24) is 10.3 Å². The summed E-state index contributed by atoms with van der Waals surface area (Å²) in [5, 5.41) is 11.4. The Bertz CT molecular complexity index is 609. The first-order chi connectivity index (χ1) is 9.99. The maximum absolute atomic E-state index is 14.3. The van der Waals surface area contributed by atoms with Gasteiger partial charge in [-0.3, -0.25) is 4.79 Å². The van der Waals surface area contributed by atoms with Gasteiger partial charge in [0.05, 0.1) is 17.6 Å². The molecule has 1 saturated heterocycles. The molecule has 3 atom stereocenters. The van der Waals surface area contributed by atoms with E-state index in [0.717, 1.165) is 12.8 Å². The summed E-state index contributed by atoms with van der Waals surface area (Å²) in [6.07, 6.45) is 1.91. The number of rotatable bonds is 3. The number of primary amides is 1. The molecule has 0 aromatic carbocycles. The summed E-state index contributed by atoms with van der Waals surface area (Å²) in [7, 11) is 0. The minimum atomic E-state index is -1.09. The molecular formula is C13H15FN4O3. The Kier molecular flexibility index (Phi) is 3.15. The van der Waals surface area contributed by atoms with Crippen LogP contribution in [0.25, 0.3) is 0 Å². The van der Waals surface area contributed by atoms with Gasteiger partial charge in [0.1, 0.15) is 0 Å². The monoisotopic (exact) mass is 294 g/mol. The molecule has 0 spiro atoms. The second kappa shape index (κ2) is 4.87. The standard InChI is InChI=1S/C13H15FN4O3/c14-9-7(11(15)19)3-4-16-12(9)18-5-6-1-2-8(18)10(6)17-13(20)21/h3-4,6,8,10,17H,1-2,5H2,(H2,15,19)(H,20,21)/t6-,8-,10+/m0/s1. The van der Waals surface area contributed by atoms with Crippen LogP contribution in [0.2, 0.25) is 0 Å². The van der Waals surface area contributed by atoms with Gasteiger partial charge in [-0.15, -0.1) is 0 Å². The van der Waals surface area contributed by atoms with Crippen LogP contribution >= 0.6 is 0 Å². The molecule has 2 heterocycles. The molecule has 112 valence electrons. The number of halogens is 1. The minimum absolute atomic E-state index is 0.0655. The zero-order valence-corrected chi connectivity index (χ0v) is 11.1. The molecule has 1 aliphatic carbocycles. The van der Waals surface area contributed by atoms with Crippen LogP contribution in [0.4, 0.5) is 15.0 Å². The SMILES string of the molecule is NC(=O)c1ccnc(N2C[C@@H]3CC[C@H]2[C@@H]3NC(=O)O)c1F. The molecule has 2 fully saturated rings. The van der Waals surface area contributed by atoms with Crippen LogP contribution in [0.15, 0.2) is 12.3 Å². The predicted octanol–water partition coefficient (Wildman–Crippen LogP) is 0.554. The highest BCUT2D eigenvalue weighted by atomic mass is 19.1. The number of hydrogen-bond acceptors (Lipinski definition) is 4. The van der Waals surface area contributed by atoms with E-state index >= 15 is 0 Å². The fraction of sp³-hybridized carbons (Fsp3) is 0.462. The van der Waals surface area contributed by atoms with E-state index in [1.807, 2.05) is 0 Å². The van der Waals surface area contributed by atoms with E-state index < -0.39 is 17.8 Å². The molecule has 2 aliphatic rings. The van der Waals surface area contributed by atoms with Gasteiger partial charge < -0.3 is 21.1 Å². The second-order valence-corrected chi connectivity index (χ2v) is 5.39. The van der Waals surface area contributed by atoms with Gasteiger partial charge in [0.15, 0.2) is 11.6 Å². The van der Waals surface area contributed by atoms with Gasteiger partial charge in [-0.25, -0.2) is 14.2 Å². The van der Waals surface area contributed by atoms with Gasteiger partial charge in [0.2, 0.25) is 0 Å². The first-order valence-electron chi connectivity index (χ1n) is 6.69. The molecule has 1 aromatic rings. The molecule has 1 aromatic heterocycles. The number of carboxylic acid groups (broad SMARTS) is 1. The lowest BCUT2D eigenvalue weighted by Gasteiger charge is -2.29. The highest BCUT2D eigenvalue weighted by Gasteiger charge is 2.48. The first kappa shape index (κ1) is 13.6. The Morgan fingerprint density at radius 2 is 2.24 bits per heavy atom. The zero-order chi connectivity index (χ0) is 15.1. The quantitative estimate of drug-likeness (QED) is 0.754. The number of fused-ring (bicyclic) bond motifs is 2. The van der Waals surface area contributed by atoms with Crippen molar-refractivity contribution in [2.45, 2.75) is 24.9 Å². The topological polar surface area (TPSA) is 109 Å². The van der Waals surface area contributed by atoms with Gasteiger partial charge >= 0.3 is 6.09 Å². The summed E-state index contributed by atoms with van der Waals surface area (Å²) in [6.45, 7) is 0.516. The van der Waals surface area contributed by atoms with E-state index in [9.17, 15) is 14.0 Å². The van der Waals surface area contributed by atoms with Crippen molar-refractivity contribution in [3.8, 4) is 0 Å². The fourth-order valence-electron chi connectivity index (χ4n) is 3.42. The molecule has 2 amide bonds. The molecule has 8 heteroatoms. The molecule has 2 bridgehead atoms. The molecule has 1 aliphatic heterocycles. The number of aromatic nitrogens is 1. The van der Waals surface area contributed by atoms with Gasteiger partial charge in [-0.05, 0) is 24.8 Å². The molecule has 3 rings (SSSR count). The summed E-state index contributed by atoms with van der Waals surface area (Å²) in [5.74, 6) is -1.40. The highest BCUT2D eigenvalue weighted by molar-refractivity contribution is 5.93. The third kappa shape index (κ3) is 2.16. The van der Waals surface area contributed by atoms with Gasteiger partial charge in [-0.2, -0.15) is 0 Å². The Hall–Kier alpha value is -2.38. The van der Waals surface area contributed by atoms with E-state index in [4.69, 9.17) is 10.8 Å². The fourth-order valence-corrected chi connectivity index (χ4v) is 3.42. The Balaban J connectivity index is 1.91. The van der Waals surface area contributed by atoms with Crippen molar-refractivity contribution in [3.05, 3.63) is 23.6 Å². The van der Waals surface area contributed by atoms with Crippen LogP contribution in [0, 0.1) is 11.7 Å². The Labute approximate surface area is 119 Å². The van der Waals surface area contributed by atoms with Crippen molar-refractivity contribution in [2.24, 2.45) is 11.7 Å². The Morgan fingerprint density at radius 1 is 1.48 bits per heavy atom. The normalized spacial score (nSPS) is 26.9. The number of nitrogens with zero attached hydrogens (tertiary/aromatic N) is 2. The average molecular weight is 294 g/mol. The van der Waals surface area contributed by atoms with Crippen LogP contribution < -0.4 is 16.0 Å². The Morgan fingerprint density at radius 3 is 2.90 bits per heavy atom. The van der Waals surface area contributed by atoms with Crippen molar-refractivity contribution in [2.75, 3.05) is 11.4 Å². The molecule has 4 N–H and O–H groups in total. The summed E-state index contributed by atoms with van der Waals surface area (Å²) < 4.78 is 14.3. The maximum Gasteiger partial charge on any atom is 0.404 e. The summed E-state index contributed by atoms with van der Waals surface area (Å²) in [5.41, 5.74) is 4.93. The lowest BCUT2D eigenvalue weighted by atomic mass is 10.1. The largest absolute Gasteiger partial charge is 0.465 e. The lowest BCUT2D eigenvalue weighted by Crippen LogP contribution is -2.43. The molecule has 0 unspecified atom stereocenters. The van der Waals surface area contributed by atoms with E-state index in [0.29, 0.717) is 6.54 Å². The minimum Gasteiger partial charge on any atom is -0.465 e. The molecule has 1 saturated carbocycles. The summed E-state index contributed by atoms with van der Waals surface area (Å²) >= 11 is 0. The lowest BCUT2D eigenvalue weighted by molar-refractivity contribution is 0.0996. The van der Waals surface area contributed by atoms with Crippen molar-refractivity contribution >= 4 is 17.8 Å². The predicted molar refractivity (Wildman–Crippen MR) is 71.5 cm³/mol. The maximum atomic E-state index is 14.3. The van der Waals surface area contributed by atoms with Crippen LogP contribution in [0.3, 0.4) is 0 Å².